The molecule has 0 unspecified atom stereocenters. The molecule has 1 saturated heterocycles. The molecule has 2 aromatic rings. The summed E-state index contributed by atoms with van der Waals surface area (Å²) in [5.41, 5.74) is 4.42. The first-order valence-electron chi connectivity index (χ1n) is 8.63. The fourth-order valence-corrected chi connectivity index (χ4v) is 3.69. The molecule has 0 radical (unpaired) electrons. The monoisotopic (exact) mass is 324 g/mol. The molecule has 2 heterocycles. The molecule has 2 aliphatic rings. The van der Waals surface area contributed by atoms with Crippen molar-refractivity contribution in [3.63, 3.8) is 0 Å². The lowest BCUT2D eigenvalue weighted by Gasteiger charge is -2.21. The smallest absolute Gasteiger partial charge is 0.231 e. The van der Waals surface area contributed by atoms with E-state index >= 15 is 0 Å². The van der Waals surface area contributed by atoms with Crippen LogP contribution in [0.2, 0.25) is 0 Å². The quantitative estimate of drug-likeness (QED) is 0.862. The molecule has 0 atom stereocenters. The third-order valence-electron chi connectivity index (χ3n) is 5.00. The maximum absolute atomic E-state index is 13.0. The molecule has 3 nitrogen and oxygen atoms in total. The van der Waals surface area contributed by atoms with Crippen LogP contribution in [0.4, 0.5) is 15.8 Å². The number of hydrogen-bond acceptors (Lipinski definition) is 2. The van der Waals surface area contributed by atoms with Gasteiger partial charge in [-0.1, -0.05) is 12.1 Å². The van der Waals surface area contributed by atoms with E-state index < -0.39 is 0 Å². The molecule has 0 bridgehead atoms. The van der Waals surface area contributed by atoms with Crippen molar-refractivity contribution in [1.29, 1.82) is 0 Å². The Morgan fingerprint density at radius 1 is 1.00 bits per heavy atom. The molecule has 2 aliphatic heterocycles. The molecule has 24 heavy (non-hydrogen) atoms. The number of halogens is 1. The summed E-state index contributed by atoms with van der Waals surface area (Å²) in [5, 5.41) is 0. The van der Waals surface area contributed by atoms with Crippen molar-refractivity contribution >= 4 is 17.3 Å². The molecule has 0 N–H and O–H groups in total. The fourth-order valence-electron chi connectivity index (χ4n) is 3.69. The van der Waals surface area contributed by atoms with Crippen LogP contribution in [-0.4, -0.2) is 25.5 Å². The van der Waals surface area contributed by atoms with Crippen molar-refractivity contribution in [3.05, 3.63) is 59.4 Å². The first-order chi connectivity index (χ1) is 11.7. The molecular weight excluding hydrogens is 303 g/mol. The summed E-state index contributed by atoms with van der Waals surface area (Å²) in [6.45, 7) is 3.00. The molecule has 4 rings (SSSR count). The van der Waals surface area contributed by atoms with E-state index in [-0.39, 0.29) is 11.7 Å². The van der Waals surface area contributed by atoms with Crippen molar-refractivity contribution in [3.8, 4) is 0 Å². The van der Waals surface area contributed by atoms with Gasteiger partial charge in [-0.25, -0.2) is 4.39 Å². The summed E-state index contributed by atoms with van der Waals surface area (Å²) < 4.78 is 13.0. The fraction of sp³-hybridized carbons (Fsp3) is 0.350. The van der Waals surface area contributed by atoms with Gasteiger partial charge in [0.15, 0.2) is 0 Å². The van der Waals surface area contributed by atoms with Gasteiger partial charge in [-0.3, -0.25) is 4.79 Å². The Hall–Kier alpha value is -2.36. The Balaban J connectivity index is 1.50. The number of carbonyl (C=O) groups excluding carboxylic acids is 1. The van der Waals surface area contributed by atoms with Crippen LogP contribution >= 0.6 is 0 Å². The Labute approximate surface area is 141 Å². The summed E-state index contributed by atoms with van der Waals surface area (Å²) in [6, 6.07) is 12.6. The van der Waals surface area contributed by atoms with Crippen molar-refractivity contribution in [2.75, 3.05) is 29.4 Å². The van der Waals surface area contributed by atoms with Gasteiger partial charge in [-0.15, -0.1) is 0 Å². The van der Waals surface area contributed by atoms with Crippen LogP contribution in [-0.2, 0) is 17.6 Å². The summed E-state index contributed by atoms with van der Waals surface area (Å²) in [7, 11) is 0. The SMILES string of the molecule is O=C(Cc1ccc(F)cc1)N1CCc2cc(N3CCCC3)ccc21. The predicted octanol–water partition coefficient (Wildman–Crippen LogP) is 3.56. The highest BCUT2D eigenvalue weighted by Gasteiger charge is 2.25. The average molecular weight is 324 g/mol. The minimum absolute atomic E-state index is 0.0780. The summed E-state index contributed by atoms with van der Waals surface area (Å²) in [4.78, 5) is 16.9. The molecule has 1 fully saturated rings. The maximum atomic E-state index is 13.0. The van der Waals surface area contributed by atoms with Crippen LogP contribution in [0.3, 0.4) is 0 Å². The minimum atomic E-state index is -0.271. The molecule has 1 amide bonds. The first kappa shape index (κ1) is 15.2. The van der Waals surface area contributed by atoms with Crippen LogP contribution in [0.15, 0.2) is 42.5 Å². The van der Waals surface area contributed by atoms with Crippen molar-refractivity contribution < 1.29 is 9.18 Å². The zero-order valence-corrected chi connectivity index (χ0v) is 13.7. The number of fused-ring (bicyclic) bond motifs is 1. The van der Waals surface area contributed by atoms with E-state index in [1.165, 1.54) is 36.2 Å². The lowest BCUT2D eigenvalue weighted by atomic mass is 10.1. The second-order valence-electron chi connectivity index (χ2n) is 6.61. The normalized spacial score (nSPS) is 16.5. The van der Waals surface area contributed by atoms with E-state index in [0.29, 0.717) is 6.42 Å². The van der Waals surface area contributed by atoms with E-state index in [2.05, 4.69) is 23.1 Å². The third-order valence-corrected chi connectivity index (χ3v) is 5.00. The molecule has 124 valence electrons. The highest BCUT2D eigenvalue weighted by Crippen LogP contribution is 2.33. The van der Waals surface area contributed by atoms with Crippen molar-refractivity contribution in [1.82, 2.24) is 0 Å². The zero-order valence-electron chi connectivity index (χ0n) is 13.7. The second-order valence-corrected chi connectivity index (χ2v) is 6.61. The molecule has 0 spiro atoms. The van der Waals surface area contributed by atoms with Gasteiger partial charge in [0.2, 0.25) is 5.91 Å². The Kier molecular flexibility index (Phi) is 3.97. The molecular formula is C20H21FN2O. The molecule has 2 aromatic carbocycles. The number of hydrogen-bond donors (Lipinski definition) is 0. The van der Waals surface area contributed by atoms with Crippen LogP contribution in [0.1, 0.15) is 24.0 Å². The molecule has 0 aromatic heterocycles. The predicted molar refractivity (Wildman–Crippen MR) is 94.1 cm³/mol. The largest absolute Gasteiger partial charge is 0.372 e. The number of nitrogens with zero attached hydrogens (tertiary/aromatic N) is 2. The van der Waals surface area contributed by atoms with E-state index in [9.17, 15) is 9.18 Å². The molecule has 4 heteroatoms. The van der Waals surface area contributed by atoms with E-state index in [0.717, 1.165) is 37.3 Å². The zero-order chi connectivity index (χ0) is 16.5. The lowest BCUT2D eigenvalue weighted by molar-refractivity contribution is -0.117. The standard InChI is InChI=1S/C20H21FN2O/c21-17-5-3-15(4-6-17)13-20(24)23-12-9-16-14-18(7-8-19(16)23)22-10-1-2-11-22/h3-8,14H,1-2,9-13H2. The van der Waals surface area contributed by atoms with Gasteiger partial charge < -0.3 is 9.80 Å². The van der Waals surface area contributed by atoms with Gasteiger partial charge in [-0.05, 0) is 60.7 Å². The van der Waals surface area contributed by atoms with Crippen molar-refractivity contribution in [2.24, 2.45) is 0 Å². The van der Waals surface area contributed by atoms with Gasteiger partial charge in [0.1, 0.15) is 5.82 Å². The minimum Gasteiger partial charge on any atom is -0.372 e. The molecule has 0 aliphatic carbocycles. The topological polar surface area (TPSA) is 23.6 Å². The molecule has 0 saturated carbocycles. The number of rotatable bonds is 3. The Bertz CT molecular complexity index is 751. The van der Waals surface area contributed by atoms with Gasteiger partial charge in [-0.2, -0.15) is 0 Å². The summed E-state index contributed by atoms with van der Waals surface area (Å²) in [6.07, 6.45) is 3.75. The van der Waals surface area contributed by atoms with Gasteiger partial charge in [0.05, 0.1) is 6.42 Å². The van der Waals surface area contributed by atoms with Gasteiger partial charge in [0.25, 0.3) is 0 Å². The third kappa shape index (κ3) is 2.88. The highest BCUT2D eigenvalue weighted by molar-refractivity contribution is 5.97. The van der Waals surface area contributed by atoms with E-state index in [1.54, 1.807) is 12.1 Å². The van der Waals surface area contributed by atoms with Crippen LogP contribution in [0.25, 0.3) is 0 Å². The van der Waals surface area contributed by atoms with Gasteiger partial charge >= 0.3 is 0 Å². The average Bonchev–Trinajstić information content (AvgIpc) is 3.25. The summed E-state index contributed by atoms with van der Waals surface area (Å²) in [5.74, 6) is -0.193. The number of anilines is 2. The number of amides is 1. The Morgan fingerprint density at radius 3 is 2.50 bits per heavy atom. The van der Waals surface area contributed by atoms with E-state index in [4.69, 9.17) is 0 Å². The highest BCUT2D eigenvalue weighted by atomic mass is 19.1. The first-order valence-corrected chi connectivity index (χ1v) is 8.63. The van der Waals surface area contributed by atoms with Crippen molar-refractivity contribution in [2.45, 2.75) is 25.7 Å². The van der Waals surface area contributed by atoms with Gasteiger partial charge in [0, 0.05) is 31.0 Å². The maximum Gasteiger partial charge on any atom is 0.231 e. The summed E-state index contributed by atoms with van der Waals surface area (Å²) >= 11 is 0. The lowest BCUT2D eigenvalue weighted by Crippen LogP contribution is -2.30. The number of carbonyl (C=O) groups is 1. The van der Waals surface area contributed by atoms with Crippen LogP contribution in [0, 0.1) is 5.82 Å². The Morgan fingerprint density at radius 2 is 1.75 bits per heavy atom. The van der Waals surface area contributed by atoms with Crippen LogP contribution < -0.4 is 9.80 Å². The number of benzene rings is 2. The van der Waals surface area contributed by atoms with Crippen LogP contribution in [0.5, 0.6) is 0 Å². The second kappa shape index (κ2) is 6.27. The van der Waals surface area contributed by atoms with E-state index in [1.807, 2.05) is 4.90 Å².